The van der Waals surface area contributed by atoms with Gasteiger partial charge in [-0.3, -0.25) is 15.5 Å². The maximum atomic E-state index is 11.9. The lowest BCUT2D eigenvalue weighted by Crippen LogP contribution is -2.35. The van der Waals surface area contributed by atoms with Crippen LogP contribution in [0.4, 0.5) is 0 Å². The standard InChI is InChI=1S/C17H16N4O.ClH/c18-17(19)20-16(22)14-7-6-13-8-9-21(15(13)10-14)11-12-4-2-1-3-5-12;/h1-10H,11H2,(H4,18,19,20,22);1H. The van der Waals surface area contributed by atoms with Gasteiger partial charge in [0.15, 0.2) is 5.96 Å². The molecule has 1 amide bonds. The molecule has 0 spiro atoms. The van der Waals surface area contributed by atoms with E-state index in [1.54, 1.807) is 6.07 Å². The molecule has 2 aromatic carbocycles. The maximum absolute atomic E-state index is 11.9. The predicted octanol–water partition coefficient (Wildman–Crippen LogP) is 2.73. The first-order valence-corrected chi connectivity index (χ1v) is 6.92. The van der Waals surface area contributed by atoms with Gasteiger partial charge in [0, 0.05) is 23.8 Å². The van der Waals surface area contributed by atoms with Crippen LogP contribution in [0.25, 0.3) is 10.9 Å². The van der Waals surface area contributed by atoms with E-state index in [2.05, 4.69) is 22.0 Å². The fourth-order valence-corrected chi connectivity index (χ4v) is 2.44. The van der Waals surface area contributed by atoms with Crippen molar-refractivity contribution >= 4 is 35.2 Å². The molecular weight excluding hydrogens is 312 g/mol. The predicted molar refractivity (Wildman–Crippen MR) is 94.1 cm³/mol. The number of amides is 1. The summed E-state index contributed by atoms with van der Waals surface area (Å²) >= 11 is 0. The van der Waals surface area contributed by atoms with E-state index in [0.717, 1.165) is 17.4 Å². The Labute approximate surface area is 140 Å². The number of carbonyl (C=O) groups is 1. The first-order valence-electron chi connectivity index (χ1n) is 6.92. The van der Waals surface area contributed by atoms with E-state index >= 15 is 0 Å². The van der Waals surface area contributed by atoms with Crippen LogP contribution < -0.4 is 11.1 Å². The molecule has 3 rings (SSSR count). The van der Waals surface area contributed by atoms with E-state index in [4.69, 9.17) is 11.1 Å². The van der Waals surface area contributed by atoms with Crippen molar-refractivity contribution in [2.45, 2.75) is 6.54 Å². The highest BCUT2D eigenvalue weighted by Crippen LogP contribution is 2.19. The van der Waals surface area contributed by atoms with Gasteiger partial charge in [-0.05, 0) is 29.1 Å². The van der Waals surface area contributed by atoms with Crippen LogP contribution in [0.15, 0.2) is 60.8 Å². The van der Waals surface area contributed by atoms with Crippen LogP contribution in [0.2, 0.25) is 0 Å². The zero-order valence-electron chi connectivity index (χ0n) is 12.3. The molecule has 0 aliphatic rings. The summed E-state index contributed by atoms with van der Waals surface area (Å²) in [6.45, 7) is 0.738. The van der Waals surface area contributed by atoms with E-state index in [0.29, 0.717) is 5.56 Å². The highest BCUT2D eigenvalue weighted by Gasteiger charge is 2.09. The van der Waals surface area contributed by atoms with Crippen LogP contribution in [-0.2, 0) is 6.54 Å². The Kier molecular flexibility index (Phi) is 5.03. The number of hydrogen-bond donors (Lipinski definition) is 3. The summed E-state index contributed by atoms with van der Waals surface area (Å²) in [5.41, 5.74) is 7.85. The van der Waals surface area contributed by atoms with Gasteiger partial charge in [-0.25, -0.2) is 0 Å². The third kappa shape index (κ3) is 3.70. The number of guanidine groups is 1. The summed E-state index contributed by atoms with van der Waals surface area (Å²) < 4.78 is 2.09. The molecule has 1 heterocycles. The normalized spacial score (nSPS) is 10.1. The number of nitrogens with one attached hydrogen (secondary N) is 2. The van der Waals surface area contributed by atoms with Crippen molar-refractivity contribution in [3.8, 4) is 0 Å². The van der Waals surface area contributed by atoms with Gasteiger partial charge in [0.25, 0.3) is 5.91 Å². The summed E-state index contributed by atoms with van der Waals surface area (Å²) in [5.74, 6) is -0.730. The lowest BCUT2D eigenvalue weighted by atomic mass is 10.1. The Balaban J connectivity index is 0.00000192. The Bertz CT molecular complexity index is 842. The minimum Gasteiger partial charge on any atom is -0.370 e. The third-order valence-corrected chi connectivity index (χ3v) is 3.48. The van der Waals surface area contributed by atoms with Crippen LogP contribution in [0.1, 0.15) is 15.9 Å². The number of aromatic nitrogens is 1. The minimum atomic E-state index is -0.373. The highest BCUT2D eigenvalue weighted by molar-refractivity contribution is 6.06. The number of nitrogens with zero attached hydrogens (tertiary/aromatic N) is 1. The minimum absolute atomic E-state index is 0. The molecule has 0 saturated heterocycles. The van der Waals surface area contributed by atoms with Crippen LogP contribution in [0, 0.1) is 5.41 Å². The summed E-state index contributed by atoms with van der Waals surface area (Å²) in [6, 6.07) is 17.6. The van der Waals surface area contributed by atoms with E-state index in [9.17, 15) is 4.79 Å². The zero-order valence-corrected chi connectivity index (χ0v) is 13.1. The number of rotatable bonds is 3. The molecule has 3 aromatic rings. The zero-order chi connectivity index (χ0) is 15.5. The van der Waals surface area contributed by atoms with E-state index in [1.165, 1.54) is 5.56 Å². The first kappa shape index (κ1) is 16.6. The van der Waals surface area contributed by atoms with E-state index in [-0.39, 0.29) is 24.3 Å². The molecule has 1 aromatic heterocycles. The lowest BCUT2D eigenvalue weighted by Gasteiger charge is -2.07. The van der Waals surface area contributed by atoms with Gasteiger partial charge in [-0.2, -0.15) is 0 Å². The van der Waals surface area contributed by atoms with Crippen molar-refractivity contribution < 1.29 is 4.79 Å². The Morgan fingerprint density at radius 2 is 1.87 bits per heavy atom. The number of hydrogen-bond acceptors (Lipinski definition) is 2. The summed E-state index contributed by atoms with van der Waals surface area (Å²) in [4.78, 5) is 11.9. The molecule has 0 unspecified atom stereocenters. The number of carbonyl (C=O) groups excluding carboxylic acids is 1. The number of halogens is 1. The van der Waals surface area contributed by atoms with Gasteiger partial charge in [-0.15, -0.1) is 12.4 Å². The molecule has 0 saturated carbocycles. The molecule has 4 N–H and O–H groups in total. The number of nitrogens with two attached hydrogens (primary N) is 1. The van der Waals surface area contributed by atoms with Crippen molar-refractivity contribution in [3.05, 3.63) is 71.9 Å². The molecule has 0 aliphatic carbocycles. The second kappa shape index (κ2) is 6.98. The number of benzene rings is 2. The molecule has 6 heteroatoms. The van der Waals surface area contributed by atoms with Crippen molar-refractivity contribution in [1.29, 1.82) is 5.41 Å². The van der Waals surface area contributed by atoms with E-state index < -0.39 is 0 Å². The van der Waals surface area contributed by atoms with Gasteiger partial charge >= 0.3 is 0 Å². The van der Waals surface area contributed by atoms with Gasteiger partial charge in [-0.1, -0.05) is 36.4 Å². The molecule has 5 nitrogen and oxygen atoms in total. The topological polar surface area (TPSA) is 83.9 Å². The van der Waals surface area contributed by atoms with Crippen LogP contribution >= 0.6 is 12.4 Å². The van der Waals surface area contributed by atoms with Crippen molar-refractivity contribution in [2.75, 3.05) is 0 Å². The summed E-state index contributed by atoms with van der Waals surface area (Å²) in [7, 11) is 0. The SMILES string of the molecule is Cl.N=C(N)NC(=O)c1ccc2ccn(Cc3ccccc3)c2c1. The highest BCUT2D eigenvalue weighted by atomic mass is 35.5. The molecule has 0 radical (unpaired) electrons. The molecule has 0 aliphatic heterocycles. The summed E-state index contributed by atoms with van der Waals surface area (Å²) in [5, 5.41) is 10.5. The average molecular weight is 329 g/mol. The fraction of sp³-hybridized carbons (Fsp3) is 0.0588. The molecule has 0 fully saturated rings. The Morgan fingerprint density at radius 3 is 2.57 bits per heavy atom. The molecule has 0 atom stereocenters. The maximum Gasteiger partial charge on any atom is 0.258 e. The molecule has 23 heavy (non-hydrogen) atoms. The fourth-order valence-electron chi connectivity index (χ4n) is 2.44. The number of fused-ring (bicyclic) bond motifs is 1. The van der Waals surface area contributed by atoms with Crippen molar-refractivity contribution in [1.82, 2.24) is 9.88 Å². The van der Waals surface area contributed by atoms with Gasteiger partial charge in [0.05, 0.1) is 0 Å². The monoisotopic (exact) mass is 328 g/mol. The molecular formula is C17H17ClN4O. The third-order valence-electron chi connectivity index (χ3n) is 3.48. The second-order valence-corrected chi connectivity index (χ2v) is 5.07. The molecule has 118 valence electrons. The molecule has 0 bridgehead atoms. The lowest BCUT2D eigenvalue weighted by molar-refractivity contribution is 0.0976. The van der Waals surface area contributed by atoms with Gasteiger partial charge in [0.1, 0.15) is 0 Å². The first-order chi connectivity index (χ1) is 10.6. The van der Waals surface area contributed by atoms with Gasteiger partial charge < -0.3 is 10.3 Å². The van der Waals surface area contributed by atoms with Crippen molar-refractivity contribution in [3.63, 3.8) is 0 Å². The summed E-state index contributed by atoms with van der Waals surface area (Å²) in [6.07, 6.45) is 2.00. The average Bonchev–Trinajstić information content (AvgIpc) is 2.90. The second-order valence-electron chi connectivity index (χ2n) is 5.07. The van der Waals surface area contributed by atoms with Crippen LogP contribution in [-0.4, -0.2) is 16.4 Å². The van der Waals surface area contributed by atoms with Gasteiger partial charge in [0.2, 0.25) is 0 Å². The van der Waals surface area contributed by atoms with Crippen LogP contribution in [0.5, 0.6) is 0 Å². The van der Waals surface area contributed by atoms with Crippen molar-refractivity contribution in [2.24, 2.45) is 5.73 Å². The quantitative estimate of drug-likeness (QED) is 0.510. The Morgan fingerprint density at radius 1 is 1.13 bits per heavy atom. The smallest absolute Gasteiger partial charge is 0.258 e. The van der Waals surface area contributed by atoms with E-state index in [1.807, 2.05) is 42.6 Å². The largest absolute Gasteiger partial charge is 0.370 e. The Hall–Kier alpha value is -2.79. The van der Waals surface area contributed by atoms with Crippen LogP contribution in [0.3, 0.4) is 0 Å².